The third-order valence-corrected chi connectivity index (χ3v) is 4.07. The van der Waals surface area contributed by atoms with E-state index in [0.29, 0.717) is 5.92 Å². The van der Waals surface area contributed by atoms with Gasteiger partial charge in [-0.25, -0.2) is 4.79 Å². The lowest BCUT2D eigenvalue weighted by Gasteiger charge is -2.45. The van der Waals surface area contributed by atoms with Crippen LogP contribution >= 0.6 is 0 Å². The van der Waals surface area contributed by atoms with Gasteiger partial charge in [-0.1, -0.05) is 19.3 Å². The van der Waals surface area contributed by atoms with Crippen LogP contribution in [-0.2, 0) is 0 Å². The Morgan fingerprint density at radius 1 is 1.29 bits per heavy atom. The fourth-order valence-corrected chi connectivity index (χ4v) is 3.24. The van der Waals surface area contributed by atoms with Crippen LogP contribution < -0.4 is 0 Å². The summed E-state index contributed by atoms with van der Waals surface area (Å²) in [6.07, 6.45) is 5.54. The maximum absolute atomic E-state index is 11.0. The molecule has 3 heteroatoms. The van der Waals surface area contributed by atoms with E-state index >= 15 is 0 Å². The van der Waals surface area contributed by atoms with Crippen molar-refractivity contribution in [3.8, 4) is 0 Å². The first-order valence-electron chi connectivity index (χ1n) is 5.69. The summed E-state index contributed by atoms with van der Waals surface area (Å²) >= 11 is 0. The van der Waals surface area contributed by atoms with Crippen molar-refractivity contribution >= 4 is 6.09 Å². The molecule has 3 atom stereocenters. The first-order valence-corrected chi connectivity index (χ1v) is 5.69. The number of nitrogens with zero attached hydrogens (tertiary/aromatic N) is 1. The van der Waals surface area contributed by atoms with Gasteiger partial charge in [0.05, 0.1) is 0 Å². The zero-order valence-corrected chi connectivity index (χ0v) is 8.78. The van der Waals surface area contributed by atoms with Crippen molar-refractivity contribution in [3.05, 3.63) is 0 Å². The Morgan fingerprint density at radius 2 is 2.00 bits per heavy atom. The minimum Gasteiger partial charge on any atom is -0.465 e. The molecule has 1 amide bonds. The van der Waals surface area contributed by atoms with Crippen molar-refractivity contribution in [1.82, 2.24) is 4.90 Å². The molecular formula is C11H19NO2. The molecule has 1 N–H and O–H groups in total. The second-order valence-electron chi connectivity index (χ2n) is 4.71. The molecule has 1 saturated carbocycles. The monoisotopic (exact) mass is 197 g/mol. The Morgan fingerprint density at radius 3 is 2.71 bits per heavy atom. The topological polar surface area (TPSA) is 40.5 Å². The molecule has 1 saturated heterocycles. The van der Waals surface area contributed by atoms with Gasteiger partial charge in [-0.05, 0) is 31.6 Å². The van der Waals surface area contributed by atoms with Gasteiger partial charge in [-0.3, -0.25) is 0 Å². The Hall–Kier alpha value is -0.730. The van der Waals surface area contributed by atoms with Gasteiger partial charge in [0.25, 0.3) is 0 Å². The quantitative estimate of drug-likeness (QED) is 0.648. The lowest BCUT2D eigenvalue weighted by Crippen LogP contribution is -2.50. The van der Waals surface area contributed by atoms with Crippen molar-refractivity contribution in [3.63, 3.8) is 0 Å². The van der Waals surface area contributed by atoms with Crippen LogP contribution in [0.4, 0.5) is 4.79 Å². The van der Waals surface area contributed by atoms with Crippen molar-refractivity contribution in [2.24, 2.45) is 11.8 Å². The number of carboxylic acid groups (broad SMARTS) is 1. The average Bonchev–Trinajstić information content (AvgIpc) is 2.18. The highest BCUT2D eigenvalue weighted by atomic mass is 16.4. The fraction of sp³-hybridized carbons (Fsp3) is 0.909. The average molecular weight is 197 g/mol. The highest BCUT2D eigenvalue weighted by Crippen LogP contribution is 2.39. The minimum atomic E-state index is -0.735. The van der Waals surface area contributed by atoms with Crippen molar-refractivity contribution in [2.45, 2.75) is 45.1 Å². The molecule has 0 aromatic heterocycles. The summed E-state index contributed by atoms with van der Waals surface area (Å²) in [6.45, 7) is 2.83. The van der Waals surface area contributed by atoms with Crippen LogP contribution in [0.3, 0.4) is 0 Å². The van der Waals surface area contributed by atoms with Gasteiger partial charge in [0.1, 0.15) is 0 Å². The van der Waals surface area contributed by atoms with Gasteiger partial charge < -0.3 is 10.0 Å². The Labute approximate surface area is 85.1 Å². The third-order valence-electron chi connectivity index (χ3n) is 4.07. The zero-order valence-electron chi connectivity index (χ0n) is 8.78. The summed E-state index contributed by atoms with van der Waals surface area (Å²) in [5.41, 5.74) is 0. The molecule has 2 fully saturated rings. The van der Waals surface area contributed by atoms with E-state index in [9.17, 15) is 4.79 Å². The number of amides is 1. The van der Waals surface area contributed by atoms with Gasteiger partial charge in [0, 0.05) is 12.6 Å². The lowest BCUT2D eigenvalue weighted by molar-refractivity contribution is 0.0362. The summed E-state index contributed by atoms with van der Waals surface area (Å²) in [5.74, 6) is 1.43. The number of fused-ring (bicyclic) bond motifs is 1. The number of rotatable bonds is 0. The molecule has 14 heavy (non-hydrogen) atoms. The molecule has 3 nitrogen and oxygen atoms in total. The molecule has 1 aliphatic carbocycles. The van der Waals surface area contributed by atoms with Crippen LogP contribution in [0.15, 0.2) is 0 Å². The van der Waals surface area contributed by atoms with E-state index in [2.05, 4.69) is 6.92 Å². The van der Waals surface area contributed by atoms with Gasteiger partial charge in [-0.2, -0.15) is 0 Å². The highest BCUT2D eigenvalue weighted by Gasteiger charge is 2.38. The van der Waals surface area contributed by atoms with Crippen LogP contribution in [0.5, 0.6) is 0 Å². The SMILES string of the molecule is CC1C2CCCCC2CCN1C(=O)O. The fourth-order valence-electron chi connectivity index (χ4n) is 3.24. The van der Waals surface area contributed by atoms with E-state index in [0.717, 1.165) is 18.9 Å². The molecule has 2 rings (SSSR count). The minimum absolute atomic E-state index is 0.242. The highest BCUT2D eigenvalue weighted by molar-refractivity contribution is 5.65. The third kappa shape index (κ3) is 1.60. The van der Waals surface area contributed by atoms with Crippen molar-refractivity contribution < 1.29 is 9.90 Å². The number of hydrogen-bond acceptors (Lipinski definition) is 1. The Bertz CT molecular complexity index is 229. The van der Waals surface area contributed by atoms with E-state index in [1.54, 1.807) is 4.90 Å². The second kappa shape index (κ2) is 3.79. The molecule has 80 valence electrons. The molecule has 0 aromatic rings. The molecule has 2 aliphatic rings. The van der Waals surface area contributed by atoms with Crippen LogP contribution in [-0.4, -0.2) is 28.7 Å². The predicted molar refractivity (Wildman–Crippen MR) is 54.3 cm³/mol. The summed E-state index contributed by atoms with van der Waals surface area (Å²) in [7, 11) is 0. The zero-order chi connectivity index (χ0) is 10.1. The summed E-state index contributed by atoms with van der Waals surface area (Å²) in [5, 5.41) is 9.02. The number of likely N-dealkylation sites (tertiary alicyclic amines) is 1. The van der Waals surface area contributed by atoms with Crippen LogP contribution in [0.1, 0.15) is 39.0 Å². The first-order chi connectivity index (χ1) is 6.70. The predicted octanol–water partition coefficient (Wildman–Crippen LogP) is 2.57. The van der Waals surface area contributed by atoms with E-state index in [-0.39, 0.29) is 6.04 Å². The lowest BCUT2D eigenvalue weighted by atomic mass is 9.71. The standard InChI is InChI=1S/C11H19NO2/c1-8-10-5-3-2-4-9(10)6-7-12(8)11(13)14/h8-10H,2-7H2,1H3,(H,13,14). The number of carbonyl (C=O) groups is 1. The van der Waals surface area contributed by atoms with Crippen molar-refractivity contribution in [2.75, 3.05) is 6.54 Å². The van der Waals surface area contributed by atoms with E-state index < -0.39 is 6.09 Å². The smallest absolute Gasteiger partial charge is 0.407 e. The molecule has 0 spiro atoms. The molecular weight excluding hydrogens is 178 g/mol. The van der Waals surface area contributed by atoms with E-state index in [1.165, 1.54) is 25.7 Å². The normalized spacial score (nSPS) is 37.8. The molecule has 0 bridgehead atoms. The Balaban J connectivity index is 2.06. The van der Waals surface area contributed by atoms with Gasteiger partial charge in [0.15, 0.2) is 0 Å². The second-order valence-corrected chi connectivity index (χ2v) is 4.71. The molecule has 3 unspecified atom stereocenters. The van der Waals surface area contributed by atoms with Crippen LogP contribution in [0.2, 0.25) is 0 Å². The maximum atomic E-state index is 11.0. The summed E-state index contributed by atoms with van der Waals surface area (Å²) in [4.78, 5) is 12.6. The van der Waals surface area contributed by atoms with E-state index in [1.807, 2.05) is 0 Å². The molecule has 1 heterocycles. The van der Waals surface area contributed by atoms with Gasteiger partial charge in [-0.15, -0.1) is 0 Å². The summed E-state index contributed by atoms with van der Waals surface area (Å²) in [6, 6.07) is 0.242. The largest absolute Gasteiger partial charge is 0.465 e. The maximum Gasteiger partial charge on any atom is 0.407 e. The van der Waals surface area contributed by atoms with Gasteiger partial charge in [0.2, 0.25) is 0 Å². The molecule has 0 aromatic carbocycles. The van der Waals surface area contributed by atoms with Gasteiger partial charge >= 0.3 is 6.09 Å². The van der Waals surface area contributed by atoms with Crippen LogP contribution in [0, 0.1) is 11.8 Å². The summed E-state index contributed by atoms with van der Waals surface area (Å²) < 4.78 is 0. The number of hydrogen-bond donors (Lipinski definition) is 1. The first kappa shape index (κ1) is 9.81. The van der Waals surface area contributed by atoms with Crippen LogP contribution in [0.25, 0.3) is 0 Å². The molecule has 1 aliphatic heterocycles. The van der Waals surface area contributed by atoms with Crippen molar-refractivity contribution in [1.29, 1.82) is 0 Å². The number of piperidine rings is 1. The Kier molecular flexibility index (Phi) is 2.66. The van der Waals surface area contributed by atoms with E-state index in [4.69, 9.17) is 5.11 Å². The molecule has 0 radical (unpaired) electrons.